The Kier molecular flexibility index (Phi) is 6.60. The van der Waals surface area contributed by atoms with E-state index >= 15 is 0 Å². The van der Waals surface area contributed by atoms with Crippen molar-refractivity contribution in [3.8, 4) is 0 Å². The first kappa shape index (κ1) is 18.4. The molecule has 0 saturated heterocycles. The maximum Gasteiger partial charge on any atom is 0.0685 e. The van der Waals surface area contributed by atoms with Gasteiger partial charge in [0.05, 0.1) is 13.2 Å². The third kappa shape index (κ3) is 3.94. The zero-order chi connectivity index (χ0) is 16.9. The molecule has 1 aliphatic rings. The maximum absolute atomic E-state index is 9.76. The number of rotatable bonds is 7. The molecular formula is C19H32N2O2. The molecule has 1 fully saturated rings. The number of hydrogen-bond acceptors (Lipinski definition) is 4. The average molecular weight is 320 g/mol. The second-order valence-electron chi connectivity index (χ2n) is 7.05. The largest absolute Gasteiger partial charge is 0.392 e. The number of benzene rings is 1. The lowest BCUT2D eigenvalue weighted by molar-refractivity contribution is 0.160. The van der Waals surface area contributed by atoms with Crippen molar-refractivity contribution in [1.82, 2.24) is 0 Å². The van der Waals surface area contributed by atoms with Crippen molar-refractivity contribution in [3.63, 3.8) is 0 Å². The van der Waals surface area contributed by atoms with Crippen LogP contribution in [0.15, 0.2) is 18.2 Å². The van der Waals surface area contributed by atoms with Crippen LogP contribution in [0.4, 0.5) is 0 Å². The van der Waals surface area contributed by atoms with Gasteiger partial charge in [0.25, 0.3) is 0 Å². The fourth-order valence-corrected chi connectivity index (χ4v) is 4.18. The normalized spacial score (nSPS) is 24.4. The molecule has 23 heavy (non-hydrogen) atoms. The fourth-order valence-electron chi connectivity index (χ4n) is 4.18. The van der Waals surface area contributed by atoms with Gasteiger partial charge in [-0.1, -0.05) is 31.5 Å². The molecule has 130 valence electrons. The number of nitrogens with two attached hydrogens (primary N) is 2. The number of aliphatic hydroxyl groups is 2. The predicted molar refractivity (Wildman–Crippen MR) is 93.6 cm³/mol. The summed E-state index contributed by atoms with van der Waals surface area (Å²) in [7, 11) is 0. The van der Waals surface area contributed by atoms with E-state index in [2.05, 4.69) is 6.92 Å². The first-order chi connectivity index (χ1) is 11.1. The summed E-state index contributed by atoms with van der Waals surface area (Å²) < 4.78 is 0. The Balaban J connectivity index is 2.36. The van der Waals surface area contributed by atoms with Crippen molar-refractivity contribution in [2.24, 2.45) is 23.3 Å². The smallest absolute Gasteiger partial charge is 0.0685 e. The highest BCUT2D eigenvalue weighted by Gasteiger charge is 2.39. The molecule has 0 radical (unpaired) electrons. The molecule has 4 nitrogen and oxygen atoms in total. The van der Waals surface area contributed by atoms with E-state index in [1.165, 1.54) is 0 Å². The molecule has 0 amide bonds. The van der Waals surface area contributed by atoms with Gasteiger partial charge in [0.15, 0.2) is 0 Å². The third-order valence-electron chi connectivity index (χ3n) is 5.60. The minimum atomic E-state index is -0.433. The molecular weight excluding hydrogens is 288 g/mol. The van der Waals surface area contributed by atoms with Crippen molar-refractivity contribution in [2.75, 3.05) is 6.54 Å². The first-order valence-electron chi connectivity index (χ1n) is 8.92. The van der Waals surface area contributed by atoms with Crippen LogP contribution in [0, 0.1) is 11.8 Å². The zero-order valence-electron chi connectivity index (χ0n) is 14.3. The van der Waals surface area contributed by atoms with Gasteiger partial charge in [-0.15, -0.1) is 0 Å². The first-order valence-corrected chi connectivity index (χ1v) is 8.92. The monoisotopic (exact) mass is 320 g/mol. The fraction of sp³-hybridized carbons (Fsp3) is 0.684. The van der Waals surface area contributed by atoms with Crippen LogP contribution in [0.2, 0.25) is 0 Å². The van der Waals surface area contributed by atoms with Crippen molar-refractivity contribution in [3.05, 3.63) is 34.9 Å². The molecule has 4 heteroatoms. The zero-order valence-corrected chi connectivity index (χ0v) is 14.3. The standard InChI is InChI=1S/C19H32N2O2/c1-2-9-19(21,17-7-4-14(11-20)5-8-17)18-10-15(12-22)3-6-16(18)13-23/h3,6,10,14,17,22-23H,2,4-5,7-9,11-13,20-21H2,1H3. The minimum absolute atomic E-state index is 0.000821. The highest BCUT2D eigenvalue weighted by molar-refractivity contribution is 5.37. The highest BCUT2D eigenvalue weighted by atomic mass is 16.3. The maximum atomic E-state index is 9.76. The summed E-state index contributed by atoms with van der Waals surface area (Å²) in [6.07, 6.45) is 6.35. The van der Waals surface area contributed by atoms with Gasteiger partial charge < -0.3 is 21.7 Å². The van der Waals surface area contributed by atoms with Gasteiger partial charge in [-0.05, 0) is 67.2 Å². The molecule has 1 atom stereocenters. The molecule has 1 aromatic carbocycles. The molecule has 2 rings (SSSR count). The molecule has 6 N–H and O–H groups in total. The van der Waals surface area contributed by atoms with E-state index in [9.17, 15) is 10.2 Å². The van der Waals surface area contributed by atoms with Crippen LogP contribution in [0.1, 0.15) is 62.1 Å². The Morgan fingerprint density at radius 2 is 1.83 bits per heavy atom. The lowest BCUT2D eigenvalue weighted by Crippen LogP contribution is -2.46. The van der Waals surface area contributed by atoms with Crippen molar-refractivity contribution in [2.45, 2.75) is 64.2 Å². The van der Waals surface area contributed by atoms with Gasteiger partial charge >= 0.3 is 0 Å². The summed E-state index contributed by atoms with van der Waals surface area (Å²) in [5, 5.41) is 19.2. The third-order valence-corrected chi connectivity index (χ3v) is 5.60. The summed E-state index contributed by atoms with van der Waals surface area (Å²) in [6, 6.07) is 5.77. The lowest BCUT2D eigenvalue weighted by Gasteiger charge is -2.43. The van der Waals surface area contributed by atoms with E-state index in [0.29, 0.717) is 11.8 Å². The van der Waals surface area contributed by atoms with Crippen LogP contribution in [0.5, 0.6) is 0 Å². The van der Waals surface area contributed by atoms with Crippen LogP contribution in [-0.2, 0) is 18.8 Å². The molecule has 0 bridgehead atoms. The SMILES string of the molecule is CCCC(N)(c1cc(CO)ccc1CO)C1CCC(CN)CC1. The Hall–Kier alpha value is -0.940. The van der Waals surface area contributed by atoms with Crippen LogP contribution in [-0.4, -0.2) is 16.8 Å². The molecule has 0 heterocycles. The topological polar surface area (TPSA) is 92.5 Å². The summed E-state index contributed by atoms with van der Waals surface area (Å²) in [5.41, 5.74) is 15.1. The second-order valence-corrected chi connectivity index (χ2v) is 7.05. The molecule has 1 aromatic rings. The van der Waals surface area contributed by atoms with Crippen LogP contribution < -0.4 is 11.5 Å². The second kappa shape index (κ2) is 8.25. The highest BCUT2D eigenvalue weighted by Crippen LogP contribution is 2.43. The quantitative estimate of drug-likeness (QED) is 0.620. The summed E-state index contributed by atoms with van der Waals surface area (Å²) in [6.45, 7) is 2.91. The van der Waals surface area contributed by atoms with E-state index in [-0.39, 0.29) is 13.2 Å². The Morgan fingerprint density at radius 3 is 2.35 bits per heavy atom. The molecule has 1 aliphatic carbocycles. The van der Waals surface area contributed by atoms with Crippen LogP contribution in [0.3, 0.4) is 0 Å². The Bertz CT molecular complexity index is 498. The van der Waals surface area contributed by atoms with Crippen molar-refractivity contribution in [1.29, 1.82) is 0 Å². The summed E-state index contributed by atoms with van der Waals surface area (Å²) >= 11 is 0. The van der Waals surface area contributed by atoms with Gasteiger partial charge in [0, 0.05) is 5.54 Å². The van der Waals surface area contributed by atoms with E-state index in [0.717, 1.165) is 61.8 Å². The van der Waals surface area contributed by atoms with E-state index < -0.39 is 5.54 Å². The van der Waals surface area contributed by atoms with E-state index in [1.807, 2.05) is 18.2 Å². The van der Waals surface area contributed by atoms with E-state index in [1.54, 1.807) is 0 Å². The number of aliphatic hydroxyl groups excluding tert-OH is 2. The molecule has 0 spiro atoms. The van der Waals surface area contributed by atoms with Crippen molar-refractivity contribution < 1.29 is 10.2 Å². The van der Waals surface area contributed by atoms with Gasteiger partial charge in [0.2, 0.25) is 0 Å². The van der Waals surface area contributed by atoms with E-state index in [4.69, 9.17) is 11.5 Å². The molecule has 0 aliphatic heterocycles. The summed E-state index contributed by atoms with van der Waals surface area (Å²) in [4.78, 5) is 0. The van der Waals surface area contributed by atoms with Gasteiger partial charge in [0.1, 0.15) is 0 Å². The molecule has 1 saturated carbocycles. The van der Waals surface area contributed by atoms with Gasteiger partial charge in [-0.3, -0.25) is 0 Å². The molecule has 1 unspecified atom stereocenters. The lowest BCUT2D eigenvalue weighted by atomic mass is 9.66. The van der Waals surface area contributed by atoms with Crippen LogP contribution in [0.25, 0.3) is 0 Å². The van der Waals surface area contributed by atoms with Gasteiger partial charge in [-0.2, -0.15) is 0 Å². The van der Waals surface area contributed by atoms with Crippen LogP contribution >= 0.6 is 0 Å². The summed E-state index contributed by atoms with van der Waals surface area (Å²) in [5.74, 6) is 1.03. The van der Waals surface area contributed by atoms with Crippen molar-refractivity contribution >= 4 is 0 Å². The average Bonchev–Trinajstić information content (AvgIpc) is 2.61. The minimum Gasteiger partial charge on any atom is -0.392 e. The Morgan fingerprint density at radius 1 is 1.13 bits per heavy atom. The molecule has 0 aromatic heterocycles. The number of hydrogen-bond donors (Lipinski definition) is 4. The Labute approximate surface area is 139 Å². The van der Waals surface area contributed by atoms with Gasteiger partial charge in [-0.25, -0.2) is 0 Å². The predicted octanol–water partition coefficient (Wildman–Crippen LogP) is 2.39.